The highest BCUT2D eigenvalue weighted by Crippen LogP contribution is 2.20. The van der Waals surface area contributed by atoms with Crippen LogP contribution in [0.25, 0.3) is 10.9 Å². The fourth-order valence-corrected chi connectivity index (χ4v) is 2.84. The molecule has 0 aliphatic carbocycles. The van der Waals surface area contributed by atoms with E-state index in [0.717, 1.165) is 0 Å². The van der Waals surface area contributed by atoms with Crippen molar-refractivity contribution in [2.75, 3.05) is 12.4 Å². The normalized spacial score (nSPS) is 11.8. The molecule has 0 fully saturated rings. The average molecular weight is 381 g/mol. The van der Waals surface area contributed by atoms with Gasteiger partial charge >= 0.3 is 6.03 Å². The number of carbonyl (C=O) groups is 1. The first-order valence-corrected chi connectivity index (χ1v) is 8.53. The molecule has 144 valence electrons. The molecule has 0 saturated heterocycles. The van der Waals surface area contributed by atoms with Gasteiger partial charge in [0.2, 0.25) is 0 Å². The standard InChI is InChI=1S/C19H19N5O4/c1-12(17-21-16-7-5-4-6-15(16)18(25)23(17)3)22(2)19(26)20-13-8-10-14(11-9-13)24(27)28/h4-12H,1-3H3,(H,20,26). The average Bonchev–Trinajstić information content (AvgIpc) is 2.70. The first kappa shape index (κ1) is 19.0. The topological polar surface area (TPSA) is 110 Å². The minimum atomic E-state index is -0.508. The van der Waals surface area contributed by atoms with E-state index >= 15 is 0 Å². The van der Waals surface area contributed by atoms with Gasteiger partial charge in [-0.15, -0.1) is 0 Å². The molecular weight excluding hydrogens is 362 g/mol. The molecule has 2 amide bonds. The van der Waals surface area contributed by atoms with Gasteiger partial charge in [-0.2, -0.15) is 0 Å². The lowest BCUT2D eigenvalue weighted by Crippen LogP contribution is -2.37. The van der Waals surface area contributed by atoms with Crippen molar-refractivity contribution < 1.29 is 9.72 Å². The van der Waals surface area contributed by atoms with Gasteiger partial charge in [0, 0.05) is 31.9 Å². The number of nitro groups is 1. The highest BCUT2D eigenvalue weighted by Gasteiger charge is 2.22. The number of para-hydroxylation sites is 1. The number of carbonyl (C=O) groups excluding carboxylic acids is 1. The van der Waals surface area contributed by atoms with Crippen LogP contribution in [0.4, 0.5) is 16.2 Å². The maximum absolute atomic E-state index is 12.6. The smallest absolute Gasteiger partial charge is 0.318 e. The first-order valence-electron chi connectivity index (χ1n) is 8.53. The zero-order valence-corrected chi connectivity index (χ0v) is 15.6. The van der Waals surface area contributed by atoms with E-state index in [0.29, 0.717) is 22.4 Å². The Hall–Kier alpha value is -3.75. The van der Waals surface area contributed by atoms with Gasteiger partial charge < -0.3 is 10.2 Å². The van der Waals surface area contributed by atoms with E-state index in [-0.39, 0.29) is 11.2 Å². The zero-order chi connectivity index (χ0) is 20.4. The summed E-state index contributed by atoms with van der Waals surface area (Å²) in [6, 6.07) is 11.7. The third kappa shape index (κ3) is 3.54. The number of anilines is 1. The Morgan fingerprint density at radius 3 is 2.50 bits per heavy atom. The summed E-state index contributed by atoms with van der Waals surface area (Å²) in [5.74, 6) is 0.449. The number of rotatable bonds is 4. The Morgan fingerprint density at radius 1 is 1.21 bits per heavy atom. The molecular formula is C19H19N5O4. The van der Waals surface area contributed by atoms with Gasteiger partial charge in [0.15, 0.2) is 0 Å². The third-order valence-corrected chi connectivity index (χ3v) is 4.62. The summed E-state index contributed by atoms with van der Waals surface area (Å²) in [5.41, 5.74) is 0.748. The zero-order valence-electron chi connectivity index (χ0n) is 15.6. The second kappa shape index (κ2) is 7.47. The SMILES string of the molecule is CC(c1nc2ccccc2c(=O)n1C)N(C)C(=O)Nc1ccc([N+](=O)[O-])cc1. The van der Waals surface area contributed by atoms with Crippen molar-refractivity contribution in [3.63, 3.8) is 0 Å². The van der Waals surface area contributed by atoms with Crippen LogP contribution in [0, 0.1) is 10.1 Å². The van der Waals surface area contributed by atoms with E-state index in [1.807, 2.05) is 0 Å². The molecule has 0 aliphatic rings. The van der Waals surface area contributed by atoms with Gasteiger partial charge in [0.1, 0.15) is 5.82 Å². The summed E-state index contributed by atoms with van der Waals surface area (Å²) < 4.78 is 1.43. The molecule has 1 aromatic heterocycles. The van der Waals surface area contributed by atoms with Crippen LogP contribution in [-0.4, -0.2) is 32.5 Å². The number of hydrogen-bond donors (Lipinski definition) is 1. The number of urea groups is 1. The fraction of sp³-hybridized carbons (Fsp3) is 0.211. The van der Waals surface area contributed by atoms with Crippen molar-refractivity contribution in [3.8, 4) is 0 Å². The number of amides is 2. The highest BCUT2D eigenvalue weighted by molar-refractivity contribution is 5.89. The van der Waals surface area contributed by atoms with Crippen LogP contribution >= 0.6 is 0 Å². The summed E-state index contributed by atoms with van der Waals surface area (Å²) in [4.78, 5) is 41.3. The summed E-state index contributed by atoms with van der Waals surface area (Å²) in [5, 5.41) is 13.9. The van der Waals surface area contributed by atoms with E-state index in [4.69, 9.17) is 0 Å². The monoisotopic (exact) mass is 381 g/mol. The van der Waals surface area contributed by atoms with Gasteiger partial charge in [0.05, 0.1) is 21.9 Å². The first-order chi connectivity index (χ1) is 13.3. The minimum absolute atomic E-state index is 0.0601. The van der Waals surface area contributed by atoms with E-state index in [1.54, 1.807) is 45.3 Å². The van der Waals surface area contributed by atoms with Crippen molar-refractivity contribution in [1.29, 1.82) is 0 Å². The molecule has 0 spiro atoms. The van der Waals surface area contributed by atoms with Gasteiger partial charge in [-0.05, 0) is 31.2 Å². The molecule has 0 aliphatic heterocycles. The predicted octanol–water partition coefficient (Wildman–Crippen LogP) is 3.07. The van der Waals surface area contributed by atoms with Crippen LogP contribution in [0.3, 0.4) is 0 Å². The second-order valence-corrected chi connectivity index (χ2v) is 6.37. The Labute approximate surface area is 160 Å². The molecule has 1 heterocycles. The number of nitrogens with one attached hydrogen (secondary N) is 1. The van der Waals surface area contributed by atoms with Crippen LogP contribution in [0.15, 0.2) is 53.3 Å². The lowest BCUT2D eigenvalue weighted by atomic mass is 10.2. The lowest BCUT2D eigenvalue weighted by Gasteiger charge is -2.26. The molecule has 9 nitrogen and oxygen atoms in total. The molecule has 0 bridgehead atoms. The maximum atomic E-state index is 12.6. The van der Waals surface area contributed by atoms with Crippen molar-refractivity contribution in [2.24, 2.45) is 7.05 Å². The van der Waals surface area contributed by atoms with Crippen molar-refractivity contribution in [2.45, 2.75) is 13.0 Å². The van der Waals surface area contributed by atoms with Crippen LogP contribution in [0.2, 0.25) is 0 Å². The highest BCUT2D eigenvalue weighted by atomic mass is 16.6. The number of fused-ring (bicyclic) bond motifs is 1. The van der Waals surface area contributed by atoms with E-state index in [2.05, 4.69) is 10.3 Å². The number of benzene rings is 2. The number of non-ortho nitro benzene ring substituents is 1. The summed E-state index contributed by atoms with van der Waals surface area (Å²) in [6.07, 6.45) is 0. The minimum Gasteiger partial charge on any atom is -0.318 e. The molecule has 3 rings (SSSR count). The molecule has 28 heavy (non-hydrogen) atoms. The summed E-state index contributed by atoms with van der Waals surface area (Å²) in [7, 11) is 3.21. The fourth-order valence-electron chi connectivity index (χ4n) is 2.84. The van der Waals surface area contributed by atoms with E-state index in [9.17, 15) is 19.7 Å². The Balaban J connectivity index is 1.83. The largest absolute Gasteiger partial charge is 0.322 e. The third-order valence-electron chi connectivity index (χ3n) is 4.62. The van der Waals surface area contributed by atoms with Crippen molar-refractivity contribution in [1.82, 2.24) is 14.5 Å². The number of nitro benzene ring substituents is 1. The quantitative estimate of drug-likeness (QED) is 0.552. The van der Waals surface area contributed by atoms with E-state index < -0.39 is 17.0 Å². The van der Waals surface area contributed by atoms with Crippen molar-refractivity contribution >= 4 is 28.3 Å². The van der Waals surface area contributed by atoms with Gasteiger partial charge in [-0.1, -0.05) is 12.1 Å². The van der Waals surface area contributed by atoms with Crippen LogP contribution in [0.5, 0.6) is 0 Å². The summed E-state index contributed by atoms with van der Waals surface area (Å²) >= 11 is 0. The molecule has 9 heteroatoms. The molecule has 0 saturated carbocycles. The van der Waals surface area contributed by atoms with Gasteiger partial charge in [-0.25, -0.2) is 9.78 Å². The molecule has 3 aromatic rings. The number of aromatic nitrogens is 2. The predicted molar refractivity (Wildman–Crippen MR) is 105 cm³/mol. The molecule has 1 atom stereocenters. The van der Waals surface area contributed by atoms with E-state index in [1.165, 1.54) is 33.7 Å². The second-order valence-electron chi connectivity index (χ2n) is 6.37. The molecule has 1 unspecified atom stereocenters. The molecule has 2 aromatic carbocycles. The number of hydrogen-bond acceptors (Lipinski definition) is 5. The van der Waals surface area contributed by atoms with Gasteiger partial charge in [-0.3, -0.25) is 19.5 Å². The maximum Gasteiger partial charge on any atom is 0.322 e. The Bertz CT molecular complexity index is 1110. The van der Waals surface area contributed by atoms with Crippen molar-refractivity contribution in [3.05, 3.63) is 74.8 Å². The van der Waals surface area contributed by atoms with Crippen LogP contribution in [-0.2, 0) is 7.05 Å². The lowest BCUT2D eigenvalue weighted by molar-refractivity contribution is -0.384. The molecule has 1 N–H and O–H groups in total. The number of nitrogens with zero attached hydrogens (tertiary/aromatic N) is 4. The Kier molecular flexibility index (Phi) is 5.08. The Morgan fingerprint density at radius 2 is 1.86 bits per heavy atom. The summed E-state index contributed by atoms with van der Waals surface area (Å²) in [6.45, 7) is 1.77. The van der Waals surface area contributed by atoms with Crippen LogP contribution in [0.1, 0.15) is 18.8 Å². The van der Waals surface area contributed by atoms with Crippen LogP contribution < -0.4 is 10.9 Å². The van der Waals surface area contributed by atoms with Gasteiger partial charge in [0.25, 0.3) is 11.2 Å². The molecule has 0 radical (unpaired) electrons.